The zero-order valence-electron chi connectivity index (χ0n) is 12.1. The van der Waals surface area contributed by atoms with E-state index in [9.17, 15) is 9.59 Å². The highest BCUT2D eigenvalue weighted by molar-refractivity contribution is 6.04. The maximum absolute atomic E-state index is 12.0. The molecule has 106 valence electrons. The molecule has 0 heterocycles. The lowest BCUT2D eigenvalue weighted by molar-refractivity contribution is -0.139. The van der Waals surface area contributed by atoms with Gasteiger partial charge in [0.25, 0.3) is 0 Å². The quantitative estimate of drug-likeness (QED) is 0.805. The fourth-order valence-corrected chi connectivity index (χ4v) is 2.07. The Balaban J connectivity index is 0.00000289. The van der Waals surface area contributed by atoms with Crippen LogP contribution >= 0.6 is 12.4 Å². The van der Waals surface area contributed by atoms with Gasteiger partial charge in [-0.3, -0.25) is 9.59 Å². The molecular weight excluding hydrogens is 250 g/mol. The van der Waals surface area contributed by atoms with Crippen molar-refractivity contribution in [3.8, 4) is 0 Å². The van der Waals surface area contributed by atoms with Gasteiger partial charge in [0.2, 0.25) is 5.91 Å². The first-order chi connectivity index (χ1) is 7.65. The van der Waals surface area contributed by atoms with Gasteiger partial charge < -0.3 is 5.32 Å². The van der Waals surface area contributed by atoms with E-state index in [0.29, 0.717) is 5.41 Å². The van der Waals surface area contributed by atoms with E-state index >= 15 is 0 Å². The predicted octanol–water partition coefficient (Wildman–Crippen LogP) is 3.11. The molecule has 1 amide bonds. The summed E-state index contributed by atoms with van der Waals surface area (Å²) in [6, 6.07) is 0.245. The Morgan fingerprint density at radius 3 is 2.00 bits per heavy atom. The second-order valence-corrected chi connectivity index (χ2v) is 6.59. The summed E-state index contributed by atoms with van der Waals surface area (Å²) in [5.41, 5.74) is -0.496. The molecule has 1 fully saturated rings. The van der Waals surface area contributed by atoms with Crippen LogP contribution in [0, 0.1) is 10.8 Å². The molecule has 3 nitrogen and oxygen atoms in total. The average molecular weight is 276 g/mol. The molecule has 0 aromatic rings. The van der Waals surface area contributed by atoms with E-state index in [1.165, 1.54) is 6.92 Å². The molecular formula is C14H26ClNO2. The van der Waals surface area contributed by atoms with Crippen LogP contribution in [0.5, 0.6) is 0 Å². The van der Waals surface area contributed by atoms with Gasteiger partial charge in [-0.1, -0.05) is 13.8 Å². The first-order valence-electron chi connectivity index (χ1n) is 6.47. The number of nitrogens with one attached hydrogen (secondary N) is 1. The molecule has 1 saturated carbocycles. The highest BCUT2D eigenvalue weighted by Crippen LogP contribution is 2.35. The van der Waals surface area contributed by atoms with Crippen molar-refractivity contribution in [3.05, 3.63) is 0 Å². The summed E-state index contributed by atoms with van der Waals surface area (Å²) in [5, 5.41) is 3.02. The molecule has 1 aliphatic carbocycles. The summed E-state index contributed by atoms with van der Waals surface area (Å²) in [6.07, 6.45) is 4.32. The van der Waals surface area contributed by atoms with Crippen molar-refractivity contribution in [1.82, 2.24) is 5.32 Å². The van der Waals surface area contributed by atoms with Gasteiger partial charge in [-0.15, -0.1) is 12.4 Å². The van der Waals surface area contributed by atoms with Gasteiger partial charge in [-0.2, -0.15) is 0 Å². The molecule has 0 aliphatic heterocycles. The number of Topliss-reactive ketones (excluding diaryl/α,β-unsaturated/α-hetero) is 1. The monoisotopic (exact) mass is 275 g/mol. The van der Waals surface area contributed by atoms with Crippen LogP contribution in [0.1, 0.15) is 60.3 Å². The summed E-state index contributed by atoms with van der Waals surface area (Å²) in [7, 11) is 0. The second kappa shape index (κ2) is 6.05. The highest BCUT2D eigenvalue weighted by atomic mass is 35.5. The topological polar surface area (TPSA) is 46.2 Å². The van der Waals surface area contributed by atoms with Gasteiger partial charge in [-0.25, -0.2) is 0 Å². The Morgan fingerprint density at radius 2 is 1.61 bits per heavy atom. The van der Waals surface area contributed by atoms with Crippen LogP contribution in [0.2, 0.25) is 0 Å². The standard InChI is InChI=1S/C14H25NO2.ClH/c1-10(16)14(4,5)12(17)15-11-6-8-13(2,3)9-7-11;/h11H,6-9H2,1-5H3,(H,15,17);1H. The molecule has 0 bridgehead atoms. The summed E-state index contributed by atoms with van der Waals surface area (Å²) in [5.74, 6) is -0.208. The van der Waals surface area contributed by atoms with E-state index in [1.54, 1.807) is 13.8 Å². The number of carbonyl (C=O) groups is 2. The van der Waals surface area contributed by atoms with Crippen LogP contribution < -0.4 is 5.32 Å². The molecule has 1 N–H and O–H groups in total. The SMILES string of the molecule is CC(=O)C(C)(C)C(=O)NC1CCC(C)(C)CC1.Cl. The molecule has 0 unspecified atom stereocenters. The summed E-state index contributed by atoms with van der Waals surface area (Å²) >= 11 is 0. The van der Waals surface area contributed by atoms with Crippen LogP contribution in [0.25, 0.3) is 0 Å². The normalized spacial score (nSPS) is 19.8. The molecule has 1 aliphatic rings. The predicted molar refractivity (Wildman–Crippen MR) is 75.9 cm³/mol. The van der Waals surface area contributed by atoms with Gasteiger partial charge in [0.15, 0.2) is 0 Å². The number of carbonyl (C=O) groups excluding carboxylic acids is 2. The number of rotatable bonds is 3. The molecule has 4 heteroatoms. The van der Waals surface area contributed by atoms with Crippen LogP contribution in [-0.2, 0) is 9.59 Å². The van der Waals surface area contributed by atoms with Crippen molar-refractivity contribution in [2.24, 2.45) is 10.8 Å². The highest BCUT2D eigenvalue weighted by Gasteiger charge is 2.35. The molecule has 0 aromatic heterocycles. The first kappa shape index (κ1) is 17.4. The fourth-order valence-electron chi connectivity index (χ4n) is 2.07. The summed E-state index contributed by atoms with van der Waals surface area (Å²) in [6.45, 7) is 9.40. The van der Waals surface area contributed by atoms with Gasteiger partial charge in [0, 0.05) is 6.04 Å². The minimum absolute atomic E-state index is 0. The van der Waals surface area contributed by atoms with E-state index in [2.05, 4.69) is 19.2 Å². The fraction of sp³-hybridized carbons (Fsp3) is 0.857. The van der Waals surface area contributed by atoms with Crippen molar-refractivity contribution >= 4 is 24.1 Å². The Morgan fingerprint density at radius 1 is 1.17 bits per heavy atom. The van der Waals surface area contributed by atoms with Crippen LogP contribution in [-0.4, -0.2) is 17.7 Å². The van der Waals surface area contributed by atoms with Gasteiger partial charge in [0.05, 0.1) is 0 Å². The third-order valence-electron chi connectivity index (χ3n) is 4.12. The third-order valence-corrected chi connectivity index (χ3v) is 4.12. The lowest BCUT2D eigenvalue weighted by Gasteiger charge is -2.35. The molecule has 0 radical (unpaired) electrons. The first-order valence-corrected chi connectivity index (χ1v) is 6.47. The van der Waals surface area contributed by atoms with Gasteiger partial charge in [0.1, 0.15) is 11.2 Å². The van der Waals surface area contributed by atoms with E-state index in [-0.39, 0.29) is 30.1 Å². The molecule has 0 aromatic carbocycles. The number of halogens is 1. The molecule has 1 rings (SSSR count). The Labute approximate surface area is 117 Å². The van der Waals surface area contributed by atoms with Gasteiger partial charge >= 0.3 is 0 Å². The molecule has 0 spiro atoms. The smallest absolute Gasteiger partial charge is 0.233 e. The Hall–Kier alpha value is -0.570. The minimum atomic E-state index is -0.896. The molecule has 18 heavy (non-hydrogen) atoms. The number of amides is 1. The van der Waals surface area contributed by atoms with Crippen LogP contribution in [0.3, 0.4) is 0 Å². The number of hydrogen-bond donors (Lipinski definition) is 1. The zero-order chi connectivity index (χ0) is 13.3. The molecule has 0 saturated heterocycles. The van der Waals surface area contributed by atoms with Crippen molar-refractivity contribution in [2.75, 3.05) is 0 Å². The maximum atomic E-state index is 12.0. The van der Waals surface area contributed by atoms with E-state index in [4.69, 9.17) is 0 Å². The zero-order valence-corrected chi connectivity index (χ0v) is 12.9. The van der Waals surface area contributed by atoms with Crippen molar-refractivity contribution in [3.63, 3.8) is 0 Å². The average Bonchev–Trinajstić information content (AvgIpc) is 2.20. The second-order valence-electron chi connectivity index (χ2n) is 6.59. The minimum Gasteiger partial charge on any atom is -0.353 e. The number of ketones is 1. The summed E-state index contributed by atoms with van der Waals surface area (Å²) in [4.78, 5) is 23.4. The van der Waals surface area contributed by atoms with Crippen molar-refractivity contribution in [1.29, 1.82) is 0 Å². The largest absolute Gasteiger partial charge is 0.353 e. The number of hydrogen-bond acceptors (Lipinski definition) is 2. The van der Waals surface area contributed by atoms with E-state index in [1.807, 2.05) is 0 Å². The van der Waals surface area contributed by atoms with Crippen molar-refractivity contribution < 1.29 is 9.59 Å². The lowest BCUT2D eigenvalue weighted by Crippen LogP contribution is -2.47. The third kappa shape index (κ3) is 4.27. The van der Waals surface area contributed by atoms with Crippen LogP contribution in [0.15, 0.2) is 0 Å². The Bertz CT molecular complexity index is 314. The van der Waals surface area contributed by atoms with Crippen LogP contribution in [0.4, 0.5) is 0 Å². The van der Waals surface area contributed by atoms with E-state index in [0.717, 1.165) is 25.7 Å². The lowest BCUT2D eigenvalue weighted by atomic mass is 9.75. The maximum Gasteiger partial charge on any atom is 0.233 e. The van der Waals surface area contributed by atoms with Gasteiger partial charge in [-0.05, 0) is 51.9 Å². The van der Waals surface area contributed by atoms with E-state index < -0.39 is 5.41 Å². The van der Waals surface area contributed by atoms with Crippen molar-refractivity contribution in [2.45, 2.75) is 66.3 Å². The Kier molecular flexibility index (Phi) is 5.86. The summed E-state index contributed by atoms with van der Waals surface area (Å²) < 4.78 is 0. The molecule has 0 atom stereocenters.